The number of allylic oxidation sites excluding steroid dienone is 1. The van der Waals surface area contributed by atoms with Crippen LogP contribution in [0, 0.1) is 0 Å². The average Bonchev–Trinajstić information content (AvgIpc) is 2.56. The Hall–Kier alpha value is -0.790. The first-order chi connectivity index (χ1) is 11.2. The van der Waals surface area contributed by atoms with E-state index in [4.69, 9.17) is 0 Å². The van der Waals surface area contributed by atoms with Crippen LogP contribution in [0.2, 0.25) is 0 Å². The van der Waals surface area contributed by atoms with Crippen molar-refractivity contribution < 1.29 is 9.53 Å². The number of ether oxygens (including phenoxy) is 1. The van der Waals surface area contributed by atoms with Gasteiger partial charge in [0.15, 0.2) is 5.96 Å². The molecule has 0 radical (unpaired) electrons. The fourth-order valence-electron chi connectivity index (χ4n) is 2.36. The molecule has 0 spiro atoms. The normalized spacial score (nSPS) is 10.7. The lowest BCUT2D eigenvalue weighted by Crippen LogP contribution is -2.39. The highest BCUT2D eigenvalue weighted by Gasteiger charge is 2.04. The zero-order valence-electron chi connectivity index (χ0n) is 15.7. The van der Waals surface area contributed by atoms with Gasteiger partial charge in [0, 0.05) is 33.6 Å². The summed E-state index contributed by atoms with van der Waals surface area (Å²) in [6, 6.07) is 0. The van der Waals surface area contributed by atoms with Gasteiger partial charge in [0.05, 0.1) is 7.11 Å². The topological polar surface area (TPSA) is 53.9 Å². The zero-order valence-corrected chi connectivity index (χ0v) is 18.0. The number of unbranched alkanes of at least 4 members (excludes halogenated alkanes) is 6. The molecule has 5 nitrogen and oxygen atoms in total. The Morgan fingerprint density at radius 3 is 2.46 bits per heavy atom. The summed E-state index contributed by atoms with van der Waals surface area (Å²) >= 11 is 0. The summed E-state index contributed by atoms with van der Waals surface area (Å²) in [5, 5.41) is 3.40. The van der Waals surface area contributed by atoms with Gasteiger partial charge in [0.25, 0.3) is 0 Å². The van der Waals surface area contributed by atoms with Gasteiger partial charge in [-0.15, -0.1) is 30.6 Å². The Kier molecular flexibility index (Phi) is 19.7. The van der Waals surface area contributed by atoms with Crippen LogP contribution < -0.4 is 5.32 Å². The van der Waals surface area contributed by atoms with Crippen LogP contribution in [-0.4, -0.2) is 51.1 Å². The van der Waals surface area contributed by atoms with Gasteiger partial charge in [0.2, 0.25) is 0 Å². The number of esters is 1. The first-order valence-corrected chi connectivity index (χ1v) is 8.75. The van der Waals surface area contributed by atoms with Gasteiger partial charge < -0.3 is 15.0 Å². The molecule has 24 heavy (non-hydrogen) atoms. The smallest absolute Gasteiger partial charge is 0.305 e. The lowest BCUT2D eigenvalue weighted by Gasteiger charge is -2.22. The highest BCUT2D eigenvalue weighted by Crippen LogP contribution is 2.04. The molecule has 0 unspecified atom stereocenters. The predicted octanol–water partition coefficient (Wildman–Crippen LogP) is 3.98. The van der Waals surface area contributed by atoms with E-state index in [0.717, 1.165) is 51.2 Å². The second-order valence-electron chi connectivity index (χ2n) is 5.77. The average molecular weight is 453 g/mol. The summed E-state index contributed by atoms with van der Waals surface area (Å²) in [5.74, 6) is 0.849. The number of nitrogens with one attached hydrogen (secondary N) is 1. The number of halogens is 1. The molecule has 6 heteroatoms. The lowest BCUT2D eigenvalue weighted by molar-refractivity contribution is -0.140. The van der Waals surface area contributed by atoms with Crippen LogP contribution in [0.3, 0.4) is 0 Å². The van der Waals surface area contributed by atoms with Gasteiger partial charge in [-0.1, -0.05) is 25.3 Å². The number of carbonyl (C=O) groups is 1. The van der Waals surface area contributed by atoms with Crippen LogP contribution in [0.1, 0.15) is 57.8 Å². The van der Waals surface area contributed by atoms with Crippen molar-refractivity contribution in [2.24, 2.45) is 4.99 Å². The number of aliphatic imine (C=N–C) groups is 1. The minimum absolute atomic E-state index is 0. The highest BCUT2D eigenvalue weighted by molar-refractivity contribution is 14.0. The summed E-state index contributed by atoms with van der Waals surface area (Å²) < 4.78 is 4.63. The van der Waals surface area contributed by atoms with E-state index in [1.165, 1.54) is 26.4 Å². The third kappa shape index (κ3) is 14.8. The van der Waals surface area contributed by atoms with E-state index in [1.54, 1.807) is 0 Å². The molecule has 0 aliphatic rings. The van der Waals surface area contributed by atoms with Gasteiger partial charge in [-0.3, -0.25) is 9.79 Å². The highest BCUT2D eigenvalue weighted by atomic mass is 127. The second kappa shape index (κ2) is 18.5. The minimum atomic E-state index is -0.113. The Morgan fingerprint density at radius 2 is 1.83 bits per heavy atom. The van der Waals surface area contributed by atoms with Crippen molar-refractivity contribution >= 4 is 35.9 Å². The van der Waals surface area contributed by atoms with E-state index >= 15 is 0 Å². The summed E-state index contributed by atoms with van der Waals surface area (Å²) in [5.41, 5.74) is 0. The molecule has 0 atom stereocenters. The molecule has 0 saturated heterocycles. The summed E-state index contributed by atoms with van der Waals surface area (Å²) in [6.45, 7) is 5.69. The largest absolute Gasteiger partial charge is 0.469 e. The number of carbonyl (C=O) groups excluding carboxylic acids is 1. The second-order valence-corrected chi connectivity index (χ2v) is 5.77. The number of methoxy groups -OCH3 is 1. The fraction of sp³-hybridized carbons (Fsp3) is 0.778. The van der Waals surface area contributed by atoms with Gasteiger partial charge in [-0.25, -0.2) is 0 Å². The van der Waals surface area contributed by atoms with E-state index in [-0.39, 0.29) is 29.9 Å². The SMILES string of the molecule is C=CCCCCCN(C)C(=NC)NCCCCCCC(=O)OC.I. The summed E-state index contributed by atoms with van der Waals surface area (Å²) in [6.07, 6.45) is 11.4. The number of hydrogen-bond donors (Lipinski definition) is 1. The number of nitrogens with zero attached hydrogens (tertiary/aromatic N) is 2. The molecule has 0 heterocycles. The lowest BCUT2D eigenvalue weighted by atomic mass is 10.1. The van der Waals surface area contributed by atoms with Crippen molar-refractivity contribution in [3.8, 4) is 0 Å². The Bertz CT molecular complexity index is 349. The first kappa shape index (κ1) is 25.5. The van der Waals surface area contributed by atoms with Crippen LogP contribution in [0.25, 0.3) is 0 Å². The van der Waals surface area contributed by atoms with Gasteiger partial charge in [-0.05, 0) is 32.1 Å². The molecule has 0 aromatic heterocycles. The van der Waals surface area contributed by atoms with E-state index in [2.05, 4.69) is 33.6 Å². The number of guanidine groups is 1. The minimum Gasteiger partial charge on any atom is -0.469 e. The van der Waals surface area contributed by atoms with Crippen molar-refractivity contribution in [3.63, 3.8) is 0 Å². The molecule has 0 aliphatic heterocycles. The third-order valence-electron chi connectivity index (χ3n) is 3.79. The maximum atomic E-state index is 11.0. The van der Waals surface area contributed by atoms with Gasteiger partial charge in [0.1, 0.15) is 0 Å². The molecular formula is C18H36IN3O2. The molecule has 1 N–H and O–H groups in total. The molecule has 0 saturated carbocycles. The van der Waals surface area contributed by atoms with E-state index in [1.807, 2.05) is 13.1 Å². The first-order valence-electron chi connectivity index (χ1n) is 8.75. The summed E-state index contributed by atoms with van der Waals surface area (Å²) in [7, 11) is 5.35. The Morgan fingerprint density at radius 1 is 1.17 bits per heavy atom. The van der Waals surface area contributed by atoms with E-state index < -0.39 is 0 Å². The molecule has 0 aliphatic carbocycles. The molecule has 0 aromatic rings. The summed E-state index contributed by atoms with van der Waals surface area (Å²) in [4.78, 5) is 17.5. The molecule has 0 amide bonds. The van der Waals surface area contributed by atoms with Crippen LogP contribution >= 0.6 is 24.0 Å². The quantitative estimate of drug-likeness (QED) is 0.115. The molecule has 0 bridgehead atoms. The monoisotopic (exact) mass is 453 g/mol. The van der Waals surface area contributed by atoms with Gasteiger partial charge >= 0.3 is 5.97 Å². The molecule has 0 rings (SSSR count). The van der Waals surface area contributed by atoms with Crippen molar-refractivity contribution in [1.29, 1.82) is 0 Å². The molecule has 0 fully saturated rings. The number of rotatable bonds is 13. The molecule has 142 valence electrons. The molecular weight excluding hydrogens is 417 g/mol. The van der Waals surface area contributed by atoms with Crippen molar-refractivity contribution in [3.05, 3.63) is 12.7 Å². The fourth-order valence-corrected chi connectivity index (χ4v) is 2.36. The van der Waals surface area contributed by atoms with Crippen LogP contribution in [0.15, 0.2) is 17.6 Å². The van der Waals surface area contributed by atoms with Crippen molar-refractivity contribution in [1.82, 2.24) is 10.2 Å². The zero-order chi connectivity index (χ0) is 17.3. The van der Waals surface area contributed by atoms with Crippen LogP contribution in [-0.2, 0) is 9.53 Å². The molecule has 0 aromatic carbocycles. The van der Waals surface area contributed by atoms with Crippen molar-refractivity contribution in [2.45, 2.75) is 57.8 Å². The predicted molar refractivity (Wildman–Crippen MR) is 113 cm³/mol. The van der Waals surface area contributed by atoms with Gasteiger partial charge in [-0.2, -0.15) is 0 Å². The third-order valence-corrected chi connectivity index (χ3v) is 3.79. The standard InChI is InChI=1S/C18H35N3O2.HI/c1-5-6-7-10-13-16-21(3)18(19-2)20-15-12-9-8-11-14-17(22)23-4;/h5H,1,6-16H2,2-4H3,(H,19,20);1H. The Balaban J connectivity index is 0. The van der Waals surface area contributed by atoms with Crippen molar-refractivity contribution in [2.75, 3.05) is 34.3 Å². The maximum absolute atomic E-state index is 11.0. The van der Waals surface area contributed by atoms with E-state index in [0.29, 0.717) is 6.42 Å². The van der Waals surface area contributed by atoms with Crippen LogP contribution in [0.4, 0.5) is 0 Å². The van der Waals surface area contributed by atoms with Crippen LogP contribution in [0.5, 0.6) is 0 Å². The Labute approximate surface area is 165 Å². The maximum Gasteiger partial charge on any atom is 0.305 e. The van der Waals surface area contributed by atoms with E-state index in [9.17, 15) is 4.79 Å². The number of hydrogen-bond acceptors (Lipinski definition) is 3.